The van der Waals surface area contributed by atoms with Gasteiger partial charge in [-0.3, -0.25) is 0 Å². The van der Waals surface area contributed by atoms with Gasteiger partial charge in [0.05, 0.1) is 30.0 Å². The second kappa shape index (κ2) is 5.51. The van der Waals surface area contributed by atoms with E-state index < -0.39 is 6.10 Å². The first-order chi connectivity index (χ1) is 10.0. The van der Waals surface area contributed by atoms with Gasteiger partial charge in [-0.15, -0.1) is 0 Å². The quantitative estimate of drug-likeness (QED) is 0.793. The second-order valence-electron chi connectivity index (χ2n) is 5.39. The molecule has 0 saturated heterocycles. The summed E-state index contributed by atoms with van der Waals surface area (Å²) < 4.78 is 1.99. The number of hydrogen-bond acceptors (Lipinski definition) is 2. The summed E-state index contributed by atoms with van der Waals surface area (Å²) in [4.78, 5) is 4.41. The van der Waals surface area contributed by atoms with Crippen molar-refractivity contribution in [3.05, 3.63) is 64.4 Å². The van der Waals surface area contributed by atoms with Crippen LogP contribution in [0.2, 0.25) is 5.02 Å². The molecule has 2 aromatic carbocycles. The fourth-order valence-electron chi connectivity index (χ4n) is 2.44. The van der Waals surface area contributed by atoms with Gasteiger partial charge in [0.1, 0.15) is 0 Å². The van der Waals surface area contributed by atoms with Crippen LogP contribution < -0.4 is 0 Å². The summed E-state index contributed by atoms with van der Waals surface area (Å²) in [6, 6.07) is 11.5. The second-order valence-corrected chi connectivity index (χ2v) is 5.83. The molecule has 1 N–H and O–H groups in total. The third kappa shape index (κ3) is 2.80. The molecular weight excluding hydrogens is 284 g/mol. The van der Waals surface area contributed by atoms with E-state index in [0.717, 1.165) is 16.6 Å². The lowest BCUT2D eigenvalue weighted by atomic mass is 10.1. The lowest BCUT2D eigenvalue weighted by Gasteiger charge is -2.13. The molecule has 1 heterocycles. The summed E-state index contributed by atoms with van der Waals surface area (Å²) >= 11 is 5.87. The van der Waals surface area contributed by atoms with E-state index in [2.05, 4.69) is 31.0 Å². The van der Waals surface area contributed by atoms with Crippen LogP contribution in [0.3, 0.4) is 0 Å². The number of nitrogens with zero attached hydrogens (tertiary/aromatic N) is 2. The molecule has 4 heteroatoms. The minimum absolute atomic E-state index is 0.473. The van der Waals surface area contributed by atoms with Crippen molar-refractivity contribution in [2.24, 2.45) is 0 Å². The number of aryl methyl sites for hydroxylation is 2. The maximum Gasteiger partial charge on any atom is 0.0969 e. The molecule has 0 fully saturated rings. The minimum atomic E-state index is -0.582. The van der Waals surface area contributed by atoms with E-state index in [4.69, 9.17) is 11.6 Å². The van der Waals surface area contributed by atoms with E-state index in [9.17, 15) is 5.11 Å². The van der Waals surface area contributed by atoms with Gasteiger partial charge in [0.25, 0.3) is 0 Å². The molecule has 0 bridgehead atoms. The summed E-state index contributed by atoms with van der Waals surface area (Å²) in [6.45, 7) is 4.64. The van der Waals surface area contributed by atoms with Crippen LogP contribution in [0, 0.1) is 13.8 Å². The smallest absolute Gasteiger partial charge is 0.0969 e. The monoisotopic (exact) mass is 300 g/mol. The summed E-state index contributed by atoms with van der Waals surface area (Å²) in [5.41, 5.74) is 5.31. The van der Waals surface area contributed by atoms with E-state index in [0.29, 0.717) is 11.6 Å². The predicted octanol–water partition coefficient (Wildman–Crippen LogP) is 4.04. The summed E-state index contributed by atoms with van der Waals surface area (Å²) in [5, 5.41) is 11.0. The fraction of sp³-hybridized carbons (Fsp3) is 0.235. The Hall–Kier alpha value is -1.84. The standard InChI is InChI=1S/C17H17ClN2O/c1-11-7-15-16(8-12(11)2)20(10-19-15)9-17(21)13-3-5-14(18)6-4-13/h3-8,10,17,21H,9H2,1-2H3. The zero-order valence-electron chi connectivity index (χ0n) is 12.0. The Balaban J connectivity index is 1.91. The summed E-state index contributed by atoms with van der Waals surface area (Å²) in [5.74, 6) is 0. The fourth-order valence-corrected chi connectivity index (χ4v) is 2.56. The van der Waals surface area contributed by atoms with Crippen molar-refractivity contribution in [3.8, 4) is 0 Å². The molecule has 1 atom stereocenters. The number of rotatable bonds is 3. The predicted molar refractivity (Wildman–Crippen MR) is 85.6 cm³/mol. The van der Waals surface area contributed by atoms with Gasteiger partial charge in [0, 0.05) is 5.02 Å². The van der Waals surface area contributed by atoms with Crippen molar-refractivity contribution < 1.29 is 5.11 Å². The molecule has 0 saturated carbocycles. The van der Waals surface area contributed by atoms with Gasteiger partial charge in [-0.1, -0.05) is 23.7 Å². The van der Waals surface area contributed by atoms with E-state index in [1.54, 1.807) is 18.5 Å². The van der Waals surface area contributed by atoms with Crippen molar-refractivity contribution >= 4 is 22.6 Å². The average molecular weight is 301 g/mol. The molecule has 21 heavy (non-hydrogen) atoms. The van der Waals surface area contributed by atoms with Crippen LogP contribution in [0.4, 0.5) is 0 Å². The van der Waals surface area contributed by atoms with Gasteiger partial charge in [-0.05, 0) is 54.8 Å². The van der Waals surface area contributed by atoms with Gasteiger partial charge in [0.2, 0.25) is 0 Å². The maximum atomic E-state index is 10.4. The van der Waals surface area contributed by atoms with E-state index >= 15 is 0 Å². The molecule has 3 nitrogen and oxygen atoms in total. The normalized spacial score (nSPS) is 12.8. The Morgan fingerprint density at radius 1 is 1.14 bits per heavy atom. The molecule has 1 unspecified atom stereocenters. The molecule has 108 valence electrons. The molecular formula is C17H17ClN2O. The van der Waals surface area contributed by atoms with Gasteiger partial charge < -0.3 is 9.67 Å². The molecule has 3 aromatic rings. The van der Waals surface area contributed by atoms with Crippen LogP contribution in [-0.2, 0) is 6.54 Å². The number of fused-ring (bicyclic) bond motifs is 1. The number of halogens is 1. The maximum absolute atomic E-state index is 10.4. The van der Waals surface area contributed by atoms with Crippen molar-refractivity contribution in [3.63, 3.8) is 0 Å². The Bertz CT molecular complexity index is 777. The van der Waals surface area contributed by atoms with Crippen molar-refractivity contribution in [1.29, 1.82) is 0 Å². The molecule has 0 radical (unpaired) electrons. The SMILES string of the molecule is Cc1cc2ncn(CC(O)c3ccc(Cl)cc3)c2cc1C. The largest absolute Gasteiger partial charge is 0.387 e. The Morgan fingerprint density at radius 3 is 2.52 bits per heavy atom. The average Bonchev–Trinajstić information content (AvgIpc) is 2.82. The van der Waals surface area contributed by atoms with Crippen LogP contribution in [0.5, 0.6) is 0 Å². The highest BCUT2D eigenvalue weighted by Gasteiger charge is 2.11. The number of hydrogen-bond donors (Lipinski definition) is 1. The zero-order valence-corrected chi connectivity index (χ0v) is 12.8. The molecule has 3 rings (SSSR count). The first-order valence-corrected chi connectivity index (χ1v) is 7.28. The van der Waals surface area contributed by atoms with E-state index in [-0.39, 0.29) is 0 Å². The highest BCUT2D eigenvalue weighted by atomic mass is 35.5. The summed E-state index contributed by atoms with van der Waals surface area (Å²) in [6.07, 6.45) is 1.20. The Kier molecular flexibility index (Phi) is 3.70. The Labute approximate surface area is 128 Å². The number of benzene rings is 2. The first-order valence-electron chi connectivity index (χ1n) is 6.90. The van der Waals surface area contributed by atoms with Gasteiger partial charge in [0.15, 0.2) is 0 Å². The topological polar surface area (TPSA) is 38.0 Å². The van der Waals surface area contributed by atoms with Crippen LogP contribution >= 0.6 is 11.6 Å². The number of aliphatic hydroxyl groups excluding tert-OH is 1. The van der Waals surface area contributed by atoms with Gasteiger partial charge in [-0.25, -0.2) is 4.98 Å². The Morgan fingerprint density at radius 2 is 1.81 bits per heavy atom. The lowest BCUT2D eigenvalue weighted by Crippen LogP contribution is -2.07. The third-order valence-electron chi connectivity index (χ3n) is 3.86. The number of aliphatic hydroxyl groups is 1. The van der Waals surface area contributed by atoms with E-state index in [1.807, 2.05) is 16.7 Å². The third-order valence-corrected chi connectivity index (χ3v) is 4.11. The summed E-state index contributed by atoms with van der Waals surface area (Å²) in [7, 11) is 0. The molecule has 0 aliphatic carbocycles. The van der Waals surface area contributed by atoms with Crippen LogP contribution in [0.25, 0.3) is 11.0 Å². The first kappa shape index (κ1) is 14.1. The highest BCUT2D eigenvalue weighted by Crippen LogP contribution is 2.22. The minimum Gasteiger partial charge on any atom is -0.387 e. The van der Waals surface area contributed by atoms with Crippen LogP contribution in [-0.4, -0.2) is 14.7 Å². The number of aromatic nitrogens is 2. The molecule has 0 aliphatic rings. The molecule has 0 spiro atoms. The molecule has 0 aliphatic heterocycles. The van der Waals surface area contributed by atoms with E-state index in [1.165, 1.54) is 11.1 Å². The van der Waals surface area contributed by atoms with Crippen molar-refractivity contribution in [2.45, 2.75) is 26.5 Å². The zero-order chi connectivity index (χ0) is 15.0. The highest BCUT2D eigenvalue weighted by molar-refractivity contribution is 6.30. The van der Waals surface area contributed by atoms with Crippen molar-refractivity contribution in [1.82, 2.24) is 9.55 Å². The van der Waals surface area contributed by atoms with Crippen molar-refractivity contribution in [2.75, 3.05) is 0 Å². The van der Waals surface area contributed by atoms with Crippen LogP contribution in [0.15, 0.2) is 42.7 Å². The van der Waals surface area contributed by atoms with Gasteiger partial charge >= 0.3 is 0 Å². The number of imidazole rings is 1. The van der Waals surface area contributed by atoms with Crippen LogP contribution in [0.1, 0.15) is 22.8 Å². The lowest BCUT2D eigenvalue weighted by molar-refractivity contribution is 0.158. The van der Waals surface area contributed by atoms with Gasteiger partial charge in [-0.2, -0.15) is 0 Å². The molecule has 0 amide bonds. The molecule has 1 aromatic heterocycles.